The fraction of sp³-hybridized carbons (Fsp3) is 0.607. The van der Waals surface area contributed by atoms with Crippen molar-refractivity contribution in [2.24, 2.45) is 11.8 Å². The molecule has 1 aliphatic carbocycles. The van der Waals surface area contributed by atoms with Crippen molar-refractivity contribution in [3.05, 3.63) is 48.2 Å². The number of benzene rings is 1. The molecule has 0 atom stereocenters. The van der Waals surface area contributed by atoms with E-state index in [2.05, 4.69) is 56.4 Å². The molecule has 0 aliphatic heterocycles. The molecule has 0 unspecified atom stereocenters. The minimum Gasteiger partial charge on any atom is -0.494 e. The maximum Gasteiger partial charge on any atom is 0.119 e. The van der Waals surface area contributed by atoms with Crippen molar-refractivity contribution in [1.29, 1.82) is 0 Å². The predicted octanol–water partition coefficient (Wildman–Crippen LogP) is 8.25. The number of nitrogens with zero attached hydrogens (tertiary/aromatic N) is 1. The Labute approximate surface area is 184 Å². The van der Waals surface area contributed by atoms with Gasteiger partial charge in [-0.15, -0.1) is 0 Å². The Morgan fingerprint density at radius 3 is 2.13 bits per heavy atom. The van der Waals surface area contributed by atoms with E-state index in [0.717, 1.165) is 48.3 Å². The number of rotatable bonds is 12. The standard InChI is InChI=1S/C28H41NO/c1-3-5-7-8-23-9-11-24(12-10-23)13-14-25-15-20-28(29-22-25)26-16-18-27(19-17-26)30-21-6-4-2/h15-20,22-24H,3-14,21H2,1-2H3/t23-,24-. The first-order valence-electron chi connectivity index (χ1n) is 12.5. The van der Waals surface area contributed by atoms with Gasteiger partial charge in [0.2, 0.25) is 0 Å². The summed E-state index contributed by atoms with van der Waals surface area (Å²) >= 11 is 0. The third-order valence-corrected chi connectivity index (χ3v) is 6.76. The summed E-state index contributed by atoms with van der Waals surface area (Å²) in [6, 6.07) is 12.8. The maximum absolute atomic E-state index is 5.76. The lowest BCUT2D eigenvalue weighted by atomic mass is 9.78. The molecule has 2 heteroatoms. The van der Waals surface area contributed by atoms with Gasteiger partial charge in [0, 0.05) is 11.8 Å². The summed E-state index contributed by atoms with van der Waals surface area (Å²) in [5.74, 6) is 2.88. The van der Waals surface area contributed by atoms with Crippen molar-refractivity contribution < 1.29 is 4.74 Å². The molecule has 30 heavy (non-hydrogen) atoms. The Hall–Kier alpha value is -1.83. The lowest BCUT2D eigenvalue weighted by molar-refractivity contribution is 0.249. The second-order valence-corrected chi connectivity index (χ2v) is 9.20. The Balaban J connectivity index is 1.41. The molecule has 0 bridgehead atoms. The average molecular weight is 408 g/mol. The number of unbranched alkanes of at least 4 members (excludes halogenated alkanes) is 3. The van der Waals surface area contributed by atoms with Crippen LogP contribution in [0.4, 0.5) is 0 Å². The molecule has 0 saturated heterocycles. The van der Waals surface area contributed by atoms with Crippen LogP contribution in [0.1, 0.15) is 90.0 Å². The first-order valence-corrected chi connectivity index (χ1v) is 12.5. The van der Waals surface area contributed by atoms with Gasteiger partial charge in [0.1, 0.15) is 5.75 Å². The summed E-state index contributed by atoms with van der Waals surface area (Å²) in [5.41, 5.74) is 3.58. The number of ether oxygens (including phenoxy) is 1. The number of hydrogen-bond donors (Lipinski definition) is 0. The van der Waals surface area contributed by atoms with Crippen LogP contribution in [0.15, 0.2) is 42.6 Å². The van der Waals surface area contributed by atoms with E-state index in [4.69, 9.17) is 9.72 Å². The molecule has 0 radical (unpaired) electrons. The van der Waals surface area contributed by atoms with Crippen molar-refractivity contribution in [2.75, 3.05) is 6.61 Å². The SMILES string of the molecule is CCCCC[C@H]1CC[C@H](CCc2ccc(-c3ccc(OCCCC)cc3)nc2)CC1. The average Bonchev–Trinajstić information content (AvgIpc) is 2.80. The highest BCUT2D eigenvalue weighted by Crippen LogP contribution is 2.34. The van der Waals surface area contributed by atoms with E-state index < -0.39 is 0 Å². The zero-order valence-electron chi connectivity index (χ0n) is 19.2. The van der Waals surface area contributed by atoms with E-state index in [1.54, 1.807) is 0 Å². The first kappa shape index (κ1) is 22.8. The molecule has 0 amide bonds. The summed E-state index contributed by atoms with van der Waals surface area (Å²) < 4.78 is 5.76. The molecule has 1 fully saturated rings. The Morgan fingerprint density at radius 2 is 1.50 bits per heavy atom. The van der Waals surface area contributed by atoms with E-state index in [0.29, 0.717) is 0 Å². The second-order valence-electron chi connectivity index (χ2n) is 9.20. The predicted molar refractivity (Wildman–Crippen MR) is 128 cm³/mol. The van der Waals surface area contributed by atoms with Crippen LogP contribution in [-0.4, -0.2) is 11.6 Å². The van der Waals surface area contributed by atoms with Crippen LogP contribution in [0.25, 0.3) is 11.3 Å². The second kappa shape index (κ2) is 12.8. The Bertz CT molecular complexity index is 698. The monoisotopic (exact) mass is 407 g/mol. The summed E-state index contributed by atoms with van der Waals surface area (Å²) in [7, 11) is 0. The zero-order valence-corrected chi connectivity index (χ0v) is 19.2. The molecule has 1 saturated carbocycles. The van der Waals surface area contributed by atoms with Crippen molar-refractivity contribution in [2.45, 2.75) is 90.9 Å². The van der Waals surface area contributed by atoms with Crippen molar-refractivity contribution in [3.63, 3.8) is 0 Å². The van der Waals surface area contributed by atoms with E-state index in [1.807, 2.05) is 0 Å². The van der Waals surface area contributed by atoms with Gasteiger partial charge in [0.25, 0.3) is 0 Å². The van der Waals surface area contributed by atoms with E-state index in [9.17, 15) is 0 Å². The van der Waals surface area contributed by atoms with Gasteiger partial charge < -0.3 is 4.74 Å². The molecule has 1 heterocycles. The van der Waals surface area contributed by atoms with Crippen LogP contribution in [0.3, 0.4) is 0 Å². The highest BCUT2D eigenvalue weighted by Gasteiger charge is 2.20. The van der Waals surface area contributed by atoms with Crippen molar-refractivity contribution in [3.8, 4) is 17.0 Å². The maximum atomic E-state index is 5.76. The Kier molecular flexibility index (Phi) is 9.73. The lowest BCUT2D eigenvalue weighted by Gasteiger charge is -2.28. The first-order chi connectivity index (χ1) is 14.8. The number of aryl methyl sites for hydroxylation is 1. The van der Waals surface area contributed by atoms with Gasteiger partial charge in [0.05, 0.1) is 12.3 Å². The molecule has 1 aromatic heterocycles. The van der Waals surface area contributed by atoms with Crippen molar-refractivity contribution in [1.82, 2.24) is 4.98 Å². The molecule has 2 nitrogen and oxygen atoms in total. The van der Waals surface area contributed by atoms with Gasteiger partial charge in [-0.05, 0) is 67.0 Å². The van der Waals surface area contributed by atoms with Gasteiger partial charge >= 0.3 is 0 Å². The van der Waals surface area contributed by atoms with Crippen LogP contribution in [0.2, 0.25) is 0 Å². The van der Waals surface area contributed by atoms with Gasteiger partial charge in [-0.2, -0.15) is 0 Å². The van der Waals surface area contributed by atoms with E-state index >= 15 is 0 Å². The molecule has 0 N–H and O–H groups in total. The number of aromatic nitrogens is 1. The van der Waals surface area contributed by atoms with Crippen LogP contribution in [-0.2, 0) is 6.42 Å². The minimum atomic E-state index is 0.795. The Morgan fingerprint density at radius 1 is 0.800 bits per heavy atom. The van der Waals surface area contributed by atoms with Gasteiger partial charge in [-0.1, -0.05) is 77.7 Å². The highest BCUT2D eigenvalue weighted by molar-refractivity contribution is 5.60. The molecular weight excluding hydrogens is 366 g/mol. The summed E-state index contributed by atoms with van der Waals surface area (Å²) in [6.07, 6.45) is 18.3. The number of hydrogen-bond acceptors (Lipinski definition) is 2. The summed E-state index contributed by atoms with van der Waals surface area (Å²) in [6.45, 7) is 5.28. The highest BCUT2D eigenvalue weighted by atomic mass is 16.5. The molecule has 3 rings (SSSR count). The molecule has 2 aromatic rings. The molecule has 0 spiro atoms. The minimum absolute atomic E-state index is 0.795. The third-order valence-electron chi connectivity index (χ3n) is 6.76. The van der Waals surface area contributed by atoms with Gasteiger partial charge in [-0.25, -0.2) is 0 Å². The fourth-order valence-corrected chi connectivity index (χ4v) is 4.66. The van der Waals surface area contributed by atoms with Gasteiger partial charge in [0.15, 0.2) is 0 Å². The summed E-state index contributed by atoms with van der Waals surface area (Å²) in [5, 5.41) is 0. The van der Waals surface area contributed by atoms with Crippen LogP contribution < -0.4 is 4.74 Å². The fourth-order valence-electron chi connectivity index (χ4n) is 4.66. The quantitative estimate of drug-likeness (QED) is 0.330. The lowest BCUT2D eigenvalue weighted by Crippen LogP contribution is -2.15. The third kappa shape index (κ3) is 7.45. The zero-order chi connectivity index (χ0) is 21.0. The van der Waals surface area contributed by atoms with Gasteiger partial charge in [-0.3, -0.25) is 4.98 Å². The molecular formula is C28H41NO. The van der Waals surface area contributed by atoms with E-state index in [-0.39, 0.29) is 0 Å². The molecule has 1 aromatic carbocycles. The topological polar surface area (TPSA) is 22.1 Å². The van der Waals surface area contributed by atoms with E-state index in [1.165, 1.54) is 69.8 Å². The van der Waals surface area contributed by atoms with Crippen LogP contribution >= 0.6 is 0 Å². The largest absolute Gasteiger partial charge is 0.494 e. The van der Waals surface area contributed by atoms with Crippen LogP contribution in [0, 0.1) is 11.8 Å². The summed E-state index contributed by atoms with van der Waals surface area (Å²) in [4.78, 5) is 4.73. The normalized spacial score (nSPS) is 19.0. The number of pyridine rings is 1. The molecule has 164 valence electrons. The smallest absolute Gasteiger partial charge is 0.119 e. The van der Waals surface area contributed by atoms with Crippen molar-refractivity contribution >= 4 is 0 Å². The molecule has 1 aliphatic rings. The van der Waals surface area contributed by atoms with Crippen LogP contribution in [0.5, 0.6) is 5.75 Å².